The first-order chi connectivity index (χ1) is 20.7. The third kappa shape index (κ3) is 6.87. The molecule has 43 heavy (non-hydrogen) atoms. The number of nitrogens with zero attached hydrogens (tertiary/aromatic N) is 1. The van der Waals surface area contributed by atoms with Crippen molar-refractivity contribution in [3.63, 3.8) is 0 Å². The fourth-order valence-corrected chi connectivity index (χ4v) is 6.00. The number of rotatable bonds is 11. The van der Waals surface area contributed by atoms with E-state index < -0.39 is 35.7 Å². The maximum Gasteiger partial charge on any atom is 0.349 e. The number of hydrogen-bond donors (Lipinski definition) is 4. The number of hydrogen-bond acceptors (Lipinski definition) is 9. The highest BCUT2D eigenvalue weighted by atomic mass is 127. The molecule has 2 aliphatic rings. The largest absolute Gasteiger partial charge is 0.493 e. The molecule has 2 aliphatic carbocycles. The quantitative estimate of drug-likeness (QED) is 0.174. The summed E-state index contributed by atoms with van der Waals surface area (Å²) < 4.78 is 17.8. The van der Waals surface area contributed by atoms with Crippen molar-refractivity contribution >= 4 is 45.4 Å². The predicted molar refractivity (Wildman–Crippen MR) is 165 cm³/mol. The van der Waals surface area contributed by atoms with E-state index in [0.29, 0.717) is 31.6 Å². The number of aliphatic hydroxyl groups is 3. The predicted octanol–water partition coefficient (Wildman–Crippen LogP) is 2.37. The maximum absolute atomic E-state index is 14.1. The molecule has 11 nitrogen and oxygen atoms in total. The molecule has 2 aromatic carbocycles. The number of fused-ring (bicyclic) bond motifs is 1. The summed E-state index contributed by atoms with van der Waals surface area (Å²) in [6, 6.07) is 10.8. The van der Waals surface area contributed by atoms with Gasteiger partial charge in [0, 0.05) is 30.5 Å². The third-order valence-corrected chi connectivity index (χ3v) is 8.43. The van der Waals surface area contributed by atoms with E-state index in [4.69, 9.17) is 13.9 Å². The highest BCUT2D eigenvalue weighted by Crippen LogP contribution is 2.38. The van der Waals surface area contributed by atoms with E-state index in [1.807, 2.05) is 22.6 Å². The normalized spacial score (nSPS) is 19.9. The van der Waals surface area contributed by atoms with Crippen molar-refractivity contribution in [2.24, 2.45) is 5.92 Å². The minimum absolute atomic E-state index is 0.00661. The monoisotopic (exact) mass is 704 g/mol. The zero-order valence-corrected chi connectivity index (χ0v) is 25.7. The van der Waals surface area contributed by atoms with Gasteiger partial charge in [-0.15, -0.1) is 0 Å². The summed E-state index contributed by atoms with van der Waals surface area (Å²) in [5.74, 6) is -0.268. The lowest BCUT2D eigenvalue weighted by molar-refractivity contribution is -0.118. The molecule has 1 saturated carbocycles. The number of halogens is 1. The first-order valence-corrected chi connectivity index (χ1v) is 15.1. The fraction of sp³-hybridized carbons (Fsp3) is 0.387. The molecule has 0 spiro atoms. The fourth-order valence-electron chi connectivity index (χ4n) is 5.21. The molecule has 1 heterocycles. The first kappa shape index (κ1) is 31.0. The van der Waals surface area contributed by atoms with Crippen molar-refractivity contribution in [3.8, 4) is 11.5 Å². The standard InChI is InChI=1S/C31H33IN2O9/c1-41-26-11-18(16-36)10-22(32)28(26)42-25-14-20(29(38)33-8-9-35)13-23(27(25)37)34(15-17-6-7-17)30(39)21-12-19-4-2-3-5-24(19)43-31(21)40/h2-5,10-12,14,17,23,25,27,35-37H,6-9,13,15-16H2,1H3,(H,33,38)/t23-,25+,27+/m1/s1. The smallest absolute Gasteiger partial charge is 0.349 e. The molecule has 1 fully saturated rings. The molecule has 0 radical (unpaired) electrons. The van der Waals surface area contributed by atoms with Crippen LogP contribution in [0.5, 0.6) is 11.5 Å². The molecule has 0 unspecified atom stereocenters. The Balaban J connectivity index is 1.54. The SMILES string of the molecule is COc1cc(CO)cc(I)c1O[C@H]1C=C(C(=O)NCCO)C[C@@H](N(CC2CC2)C(=O)c2cc3ccccc3oc2=O)[C@@H]1O. The molecule has 1 aromatic heterocycles. The lowest BCUT2D eigenvalue weighted by Crippen LogP contribution is -2.56. The van der Waals surface area contributed by atoms with Crippen LogP contribution in [0, 0.1) is 9.49 Å². The van der Waals surface area contributed by atoms with Gasteiger partial charge >= 0.3 is 5.63 Å². The molecular weight excluding hydrogens is 671 g/mol. The number of para-hydroxylation sites is 1. The molecular formula is C31H33IN2O9. The molecule has 0 aliphatic heterocycles. The van der Waals surface area contributed by atoms with Crippen LogP contribution < -0.4 is 20.4 Å². The van der Waals surface area contributed by atoms with Gasteiger partial charge in [-0.3, -0.25) is 9.59 Å². The number of benzene rings is 2. The zero-order valence-electron chi connectivity index (χ0n) is 23.5. The summed E-state index contributed by atoms with van der Waals surface area (Å²) in [5, 5.41) is 33.8. The van der Waals surface area contributed by atoms with Crippen LogP contribution in [-0.2, 0) is 11.4 Å². The van der Waals surface area contributed by atoms with E-state index in [1.165, 1.54) is 24.2 Å². The molecule has 5 rings (SSSR count). The van der Waals surface area contributed by atoms with Gasteiger partial charge in [0.05, 0.1) is 29.9 Å². The Morgan fingerprint density at radius 2 is 1.93 bits per heavy atom. The molecule has 2 amide bonds. The van der Waals surface area contributed by atoms with Gasteiger partial charge in [0.25, 0.3) is 5.91 Å². The van der Waals surface area contributed by atoms with E-state index in [-0.39, 0.29) is 49.8 Å². The number of nitrogens with one attached hydrogen (secondary N) is 1. The molecule has 0 saturated heterocycles. The van der Waals surface area contributed by atoms with E-state index in [1.54, 1.807) is 36.4 Å². The van der Waals surface area contributed by atoms with Crippen LogP contribution in [0.3, 0.4) is 0 Å². The molecule has 3 atom stereocenters. The number of methoxy groups -OCH3 is 1. The Morgan fingerprint density at radius 3 is 2.63 bits per heavy atom. The van der Waals surface area contributed by atoms with Crippen molar-refractivity contribution in [2.75, 3.05) is 26.8 Å². The summed E-state index contributed by atoms with van der Waals surface area (Å²) in [7, 11) is 1.45. The Labute approximate surface area is 261 Å². The van der Waals surface area contributed by atoms with Crippen LogP contribution in [0.2, 0.25) is 0 Å². The van der Waals surface area contributed by atoms with Crippen LogP contribution in [0.4, 0.5) is 0 Å². The average Bonchev–Trinajstić information content (AvgIpc) is 3.84. The van der Waals surface area contributed by atoms with Crippen LogP contribution in [0.15, 0.2) is 63.3 Å². The van der Waals surface area contributed by atoms with Gasteiger partial charge in [-0.2, -0.15) is 0 Å². The number of aliphatic hydroxyl groups excluding tert-OH is 3. The molecule has 3 aromatic rings. The summed E-state index contributed by atoms with van der Waals surface area (Å²) >= 11 is 2.03. The first-order valence-electron chi connectivity index (χ1n) is 14.0. The maximum atomic E-state index is 14.1. The third-order valence-electron chi connectivity index (χ3n) is 7.62. The zero-order chi connectivity index (χ0) is 30.7. The Hall–Kier alpha value is -3.46. The number of carbonyl (C=O) groups excluding carboxylic acids is 2. The molecule has 228 valence electrons. The summed E-state index contributed by atoms with van der Waals surface area (Å²) in [6.07, 6.45) is 0.915. The number of ether oxygens (including phenoxy) is 2. The Kier molecular flexibility index (Phi) is 9.69. The second-order valence-electron chi connectivity index (χ2n) is 10.7. The Morgan fingerprint density at radius 1 is 1.16 bits per heavy atom. The van der Waals surface area contributed by atoms with E-state index >= 15 is 0 Å². The van der Waals surface area contributed by atoms with Gasteiger partial charge in [0.1, 0.15) is 23.4 Å². The van der Waals surface area contributed by atoms with Crippen molar-refractivity contribution in [3.05, 3.63) is 79.2 Å². The lowest BCUT2D eigenvalue weighted by atomic mass is 9.87. The minimum Gasteiger partial charge on any atom is -0.493 e. The summed E-state index contributed by atoms with van der Waals surface area (Å²) in [4.78, 5) is 41.6. The lowest BCUT2D eigenvalue weighted by Gasteiger charge is -2.40. The van der Waals surface area contributed by atoms with Crippen molar-refractivity contribution in [2.45, 2.75) is 44.1 Å². The second kappa shape index (κ2) is 13.5. The van der Waals surface area contributed by atoms with Crippen LogP contribution in [-0.4, -0.2) is 77.1 Å². The van der Waals surface area contributed by atoms with Gasteiger partial charge in [-0.05, 0) is 77.3 Å². The second-order valence-corrected chi connectivity index (χ2v) is 11.8. The van der Waals surface area contributed by atoms with Gasteiger partial charge in [0.2, 0.25) is 5.91 Å². The summed E-state index contributed by atoms with van der Waals surface area (Å²) in [5.41, 5.74) is 0.257. The molecule has 4 N–H and O–H groups in total. The van der Waals surface area contributed by atoms with Gasteiger partial charge < -0.3 is 39.4 Å². The van der Waals surface area contributed by atoms with Crippen LogP contribution in [0.25, 0.3) is 11.0 Å². The van der Waals surface area contributed by atoms with Crippen molar-refractivity contribution in [1.82, 2.24) is 10.2 Å². The van der Waals surface area contributed by atoms with E-state index in [0.717, 1.165) is 12.8 Å². The van der Waals surface area contributed by atoms with Crippen molar-refractivity contribution < 1.29 is 38.8 Å². The molecule has 0 bridgehead atoms. The highest BCUT2D eigenvalue weighted by Gasteiger charge is 2.43. The Bertz CT molecular complexity index is 1600. The van der Waals surface area contributed by atoms with Gasteiger partial charge in [0.15, 0.2) is 11.5 Å². The number of carbonyl (C=O) groups is 2. The average molecular weight is 705 g/mol. The molecule has 12 heteroatoms. The van der Waals surface area contributed by atoms with Crippen molar-refractivity contribution in [1.29, 1.82) is 0 Å². The topological polar surface area (TPSA) is 159 Å². The number of amides is 2. The van der Waals surface area contributed by atoms with Gasteiger partial charge in [-0.25, -0.2) is 4.79 Å². The summed E-state index contributed by atoms with van der Waals surface area (Å²) in [6.45, 7) is -0.179. The van der Waals surface area contributed by atoms with E-state index in [2.05, 4.69) is 5.32 Å². The van der Waals surface area contributed by atoms with Crippen LogP contribution in [0.1, 0.15) is 35.2 Å². The minimum atomic E-state index is -1.29. The van der Waals surface area contributed by atoms with E-state index in [9.17, 15) is 29.7 Å². The highest BCUT2D eigenvalue weighted by molar-refractivity contribution is 14.1. The van der Waals surface area contributed by atoms with Gasteiger partial charge in [-0.1, -0.05) is 18.2 Å². The van der Waals surface area contributed by atoms with Crippen LogP contribution >= 0.6 is 22.6 Å².